The molecule has 0 aromatic rings. The Bertz CT molecular complexity index is 261. The highest BCUT2D eigenvalue weighted by Gasteiger charge is 2.35. The smallest absolute Gasteiger partial charge is 0.410 e. The summed E-state index contributed by atoms with van der Waals surface area (Å²) in [6.07, 6.45) is 1.78. The van der Waals surface area contributed by atoms with Crippen molar-refractivity contribution in [3.05, 3.63) is 0 Å². The number of hydrogen-bond donors (Lipinski definition) is 1. The average Bonchev–Trinajstić information content (AvgIpc) is 2.13. The van der Waals surface area contributed by atoms with Gasteiger partial charge in [-0.1, -0.05) is 0 Å². The molecule has 1 amide bonds. The Morgan fingerprint density at radius 1 is 1.24 bits per heavy atom. The van der Waals surface area contributed by atoms with Gasteiger partial charge in [0.1, 0.15) is 5.60 Å². The summed E-state index contributed by atoms with van der Waals surface area (Å²) in [4.78, 5) is 14.0. The number of nitrogens with zero attached hydrogens (tertiary/aromatic N) is 1. The van der Waals surface area contributed by atoms with E-state index in [9.17, 15) is 4.79 Å². The van der Waals surface area contributed by atoms with Crippen LogP contribution in [0.4, 0.5) is 4.79 Å². The van der Waals surface area contributed by atoms with Crippen molar-refractivity contribution in [1.82, 2.24) is 10.2 Å². The Morgan fingerprint density at radius 2 is 1.71 bits per heavy atom. The van der Waals surface area contributed by atoms with Crippen molar-refractivity contribution >= 4 is 6.09 Å². The fourth-order valence-electron chi connectivity index (χ4n) is 2.49. The second kappa shape index (κ2) is 5.25. The fourth-order valence-corrected chi connectivity index (χ4v) is 2.49. The van der Waals surface area contributed by atoms with Gasteiger partial charge < -0.3 is 15.0 Å². The molecule has 0 spiro atoms. The first-order valence-corrected chi connectivity index (χ1v) is 6.43. The highest BCUT2D eigenvalue weighted by Crippen LogP contribution is 2.25. The zero-order chi connectivity index (χ0) is 13.2. The molecule has 4 heteroatoms. The Hall–Kier alpha value is -0.770. The number of hydrogen-bond acceptors (Lipinski definition) is 3. The van der Waals surface area contributed by atoms with Crippen molar-refractivity contribution in [1.29, 1.82) is 0 Å². The fraction of sp³-hybridized carbons (Fsp3) is 0.923. The van der Waals surface area contributed by atoms with Crippen molar-refractivity contribution in [3.63, 3.8) is 0 Å². The van der Waals surface area contributed by atoms with Gasteiger partial charge in [0.25, 0.3) is 0 Å². The topological polar surface area (TPSA) is 41.6 Å². The minimum absolute atomic E-state index is 0.188. The molecule has 1 aliphatic heterocycles. The van der Waals surface area contributed by atoms with Crippen LogP contribution >= 0.6 is 0 Å². The molecule has 1 rings (SSSR count). The number of likely N-dealkylation sites (tertiary alicyclic amines) is 1. The molecule has 3 atom stereocenters. The zero-order valence-electron chi connectivity index (χ0n) is 11.9. The van der Waals surface area contributed by atoms with Gasteiger partial charge in [-0.2, -0.15) is 0 Å². The minimum atomic E-state index is -0.420. The van der Waals surface area contributed by atoms with Gasteiger partial charge in [0, 0.05) is 18.1 Å². The molecule has 1 N–H and O–H groups in total. The van der Waals surface area contributed by atoms with Crippen molar-refractivity contribution < 1.29 is 9.53 Å². The van der Waals surface area contributed by atoms with Crippen LogP contribution in [0.3, 0.4) is 0 Å². The zero-order valence-corrected chi connectivity index (χ0v) is 11.9. The van der Waals surface area contributed by atoms with Crippen molar-refractivity contribution in [2.75, 3.05) is 7.05 Å². The number of rotatable bonds is 1. The normalized spacial score (nSPS) is 30.2. The number of carbonyl (C=O) groups excluding carboxylic acids is 1. The lowest BCUT2D eigenvalue weighted by Gasteiger charge is -2.42. The molecule has 0 aromatic carbocycles. The van der Waals surface area contributed by atoms with Gasteiger partial charge in [-0.25, -0.2) is 4.79 Å². The largest absolute Gasteiger partial charge is 0.444 e. The molecule has 1 fully saturated rings. The molecule has 0 aliphatic carbocycles. The lowest BCUT2D eigenvalue weighted by Crippen LogP contribution is -2.54. The number of nitrogens with one attached hydrogen (secondary N) is 1. The van der Waals surface area contributed by atoms with Crippen LogP contribution in [0.25, 0.3) is 0 Å². The number of piperidine rings is 1. The third-order valence-corrected chi connectivity index (χ3v) is 3.21. The van der Waals surface area contributed by atoms with E-state index in [0.29, 0.717) is 6.04 Å². The van der Waals surface area contributed by atoms with E-state index in [4.69, 9.17) is 4.74 Å². The Balaban J connectivity index is 2.67. The van der Waals surface area contributed by atoms with E-state index in [1.807, 2.05) is 32.7 Å². The van der Waals surface area contributed by atoms with Crippen molar-refractivity contribution in [2.45, 2.75) is 71.2 Å². The summed E-state index contributed by atoms with van der Waals surface area (Å²) in [6.45, 7) is 9.88. The summed E-state index contributed by atoms with van der Waals surface area (Å²) in [6, 6.07) is 0.954. The first-order valence-electron chi connectivity index (χ1n) is 6.43. The van der Waals surface area contributed by atoms with Crippen LogP contribution in [0, 0.1) is 0 Å². The van der Waals surface area contributed by atoms with E-state index in [0.717, 1.165) is 12.8 Å². The maximum atomic E-state index is 12.1. The summed E-state index contributed by atoms with van der Waals surface area (Å²) in [5, 5.41) is 3.29. The molecule has 0 aromatic heterocycles. The molecule has 1 saturated heterocycles. The van der Waals surface area contributed by atoms with Crippen LogP contribution in [0.1, 0.15) is 47.5 Å². The summed E-state index contributed by atoms with van der Waals surface area (Å²) in [7, 11) is 1.98. The molecule has 2 unspecified atom stereocenters. The van der Waals surface area contributed by atoms with Crippen LogP contribution in [-0.4, -0.2) is 41.8 Å². The molecule has 100 valence electrons. The monoisotopic (exact) mass is 242 g/mol. The lowest BCUT2D eigenvalue weighted by molar-refractivity contribution is -0.00354. The van der Waals surface area contributed by atoms with E-state index in [1.165, 1.54) is 0 Å². The third-order valence-electron chi connectivity index (χ3n) is 3.21. The Labute approximate surface area is 105 Å². The van der Waals surface area contributed by atoms with Gasteiger partial charge in [0.2, 0.25) is 0 Å². The van der Waals surface area contributed by atoms with E-state index < -0.39 is 5.60 Å². The third kappa shape index (κ3) is 3.87. The second-order valence-electron chi connectivity index (χ2n) is 6.04. The molecule has 4 nitrogen and oxygen atoms in total. The van der Waals surface area contributed by atoms with Gasteiger partial charge in [0.05, 0.1) is 0 Å². The number of amides is 1. The summed E-state index contributed by atoms with van der Waals surface area (Å²) in [5.41, 5.74) is -0.420. The highest BCUT2D eigenvalue weighted by atomic mass is 16.6. The van der Waals surface area contributed by atoms with Crippen molar-refractivity contribution in [2.24, 2.45) is 0 Å². The minimum Gasteiger partial charge on any atom is -0.444 e. The molecule has 0 radical (unpaired) electrons. The average molecular weight is 242 g/mol. The van der Waals surface area contributed by atoms with Crippen LogP contribution < -0.4 is 5.32 Å². The van der Waals surface area contributed by atoms with E-state index in [1.54, 1.807) is 0 Å². The molecule has 0 bridgehead atoms. The van der Waals surface area contributed by atoms with Crippen LogP contribution in [0.2, 0.25) is 0 Å². The van der Waals surface area contributed by atoms with Crippen molar-refractivity contribution in [3.8, 4) is 0 Å². The molecular weight excluding hydrogens is 216 g/mol. The summed E-state index contributed by atoms with van der Waals surface area (Å²) in [5.74, 6) is 0. The van der Waals surface area contributed by atoms with Gasteiger partial charge in [-0.05, 0) is 54.5 Å². The Kier molecular flexibility index (Phi) is 4.42. The Morgan fingerprint density at radius 3 is 2.06 bits per heavy atom. The SMILES string of the molecule is CNC1CC(C)N(C(=O)OC(C)(C)C)[C@H](C)C1. The number of ether oxygens (including phenoxy) is 1. The second-order valence-corrected chi connectivity index (χ2v) is 6.04. The molecule has 17 heavy (non-hydrogen) atoms. The maximum absolute atomic E-state index is 12.1. The van der Waals surface area contributed by atoms with Crippen LogP contribution in [0.5, 0.6) is 0 Å². The highest BCUT2D eigenvalue weighted by molar-refractivity contribution is 5.69. The van der Waals surface area contributed by atoms with Gasteiger partial charge in [-0.15, -0.1) is 0 Å². The quantitative estimate of drug-likeness (QED) is 0.767. The van der Waals surface area contributed by atoms with Crippen LogP contribution in [0.15, 0.2) is 0 Å². The van der Waals surface area contributed by atoms with E-state index in [2.05, 4.69) is 19.2 Å². The predicted molar refractivity (Wildman–Crippen MR) is 69.1 cm³/mol. The lowest BCUT2D eigenvalue weighted by atomic mass is 9.93. The van der Waals surface area contributed by atoms with Gasteiger partial charge >= 0.3 is 6.09 Å². The van der Waals surface area contributed by atoms with Crippen LogP contribution in [-0.2, 0) is 4.74 Å². The van der Waals surface area contributed by atoms with Gasteiger partial charge in [0.15, 0.2) is 0 Å². The van der Waals surface area contributed by atoms with Gasteiger partial charge in [-0.3, -0.25) is 0 Å². The first kappa shape index (κ1) is 14.3. The maximum Gasteiger partial charge on any atom is 0.410 e. The predicted octanol–water partition coefficient (Wildman–Crippen LogP) is 2.38. The molecule has 1 aliphatic rings. The molecule has 1 heterocycles. The summed E-state index contributed by atoms with van der Waals surface area (Å²) < 4.78 is 5.45. The summed E-state index contributed by atoms with van der Waals surface area (Å²) >= 11 is 0. The van der Waals surface area contributed by atoms with E-state index >= 15 is 0 Å². The standard InChI is InChI=1S/C13H26N2O2/c1-9-7-11(14-6)8-10(2)15(9)12(16)17-13(3,4)5/h9-11,14H,7-8H2,1-6H3/t9-,10?,11?/m1/s1. The first-order chi connectivity index (χ1) is 7.74. The molecular formula is C13H26N2O2. The van der Waals surface area contributed by atoms with E-state index in [-0.39, 0.29) is 18.2 Å². The molecule has 0 saturated carbocycles. The number of carbonyl (C=O) groups is 1.